The molecular weight excluding hydrogens is 368 g/mol. The van der Waals surface area contributed by atoms with E-state index >= 15 is 0 Å². The van der Waals surface area contributed by atoms with Crippen LogP contribution in [0, 0.1) is 13.8 Å². The summed E-state index contributed by atoms with van der Waals surface area (Å²) in [5.41, 5.74) is 2.94. The first-order valence-electron chi connectivity index (χ1n) is 8.21. The molecule has 24 heavy (non-hydrogen) atoms. The van der Waals surface area contributed by atoms with Gasteiger partial charge in [-0.15, -0.1) is 0 Å². The van der Waals surface area contributed by atoms with Gasteiger partial charge in [0, 0.05) is 21.9 Å². The van der Waals surface area contributed by atoms with Crippen LogP contribution in [0.25, 0.3) is 0 Å². The Bertz CT molecular complexity index is 757. The molecule has 5 nitrogen and oxygen atoms in total. The Labute approximate surface area is 150 Å². The van der Waals surface area contributed by atoms with Crippen molar-refractivity contribution in [2.24, 2.45) is 0 Å². The lowest BCUT2D eigenvalue weighted by Crippen LogP contribution is -2.20. The maximum atomic E-state index is 12.6. The predicted molar refractivity (Wildman–Crippen MR) is 99.5 cm³/mol. The summed E-state index contributed by atoms with van der Waals surface area (Å²) >= 11 is 3.43. The number of hydrogen-bond acceptors (Lipinski definition) is 4. The van der Waals surface area contributed by atoms with Gasteiger partial charge in [-0.3, -0.25) is 4.79 Å². The fraction of sp³-hybridized carbons (Fsp3) is 0.389. The van der Waals surface area contributed by atoms with E-state index in [9.17, 15) is 4.79 Å². The molecule has 1 amide bonds. The number of aromatic nitrogens is 2. The van der Waals surface area contributed by atoms with E-state index in [1.165, 1.54) is 12.8 Å². The van der Waals surface area contributed by atoms with E-state index in [1.54, 1.807) is 6.07 Å². The number of anilines is 2. The van der Waals surface area contributed by atoms with Crippen LogP contribution in [0.2, 0.25) is 0 Å². The van der Waals surface area contributed by atoms with E-state index in [-0.39, 0.29) is 5.91 Å². The summed E-state index contributed by atoms with van der Waals surface area (Å²) in [6, 6.07) is 7.87. The van der Waals surface area contributed by atoms with Gasteiger partial charge in [0.15, 0.2) is 0 Å². The van der Waals surface area contributed by atoms with Crippen molar-refractivity contribution < 1.29 is 4.79 Å². The summed E-state index contributed by atoms with van der Waals surface area (Å²) in [6.07, 6.45) is 4.74. The molecule has 6 heteroatoms. The van der Waals surface area contributed by atoms with E-state index in [4.69, 9.17) is 0 Å². The van der Waals surface area contributed by atoms with E-state index in [0.717, 1.165) is 34.3 Å². The molecule has 0 unspecified atom stereocenters. The summed E-state index contributed by atoms with van der Waals surface area (Å²) in [7, 11) is 0. The zero-order valence-electron chi connectivity index (χ0n) is 13.9. The summed E-state index contributed by atoms with van der Waals surface area (Å²) in [6.45, 7) is 3.84. The van der Waals surface area contributed by atoms with E-state index in [1.807, 2.05) is 32.0 Å². The van der Waals surface area contributed by atoms with Crippen LogP contribution < -0.4 is 10.6 Å². The van der Waals surface area contributed by atoms with Crippen molar-refractivity contribution in [2.45, 2.75) is 45.6 Å². The minimum atomic E-state index is -0.222. The van der Waals surface area contributed by atoms with Crippen molar-refractivity contribution in [3.63, 3.8) is 0 Å². The van der Waals surface area contributed by atoms with Crippen LogP contribution in [0.4, 0.5) is 11.6 Å². The molecule has 1 aromatic heterocycles. The largest absolute Gasteiger partial charge is 0.351 e. The Morgan fingerprint density at radius 2 is 1.92 bits per heavy atom. The average Bonchev–Trinajstić information content (AvgIpc) is 3.02. The molecule has 0 saturated heterocycles. The maximum Gasteiger partial charge on any atom is 0.274 e. The van der Waals surface area contributed by atoms with Crippen molar-refractivity contribution in [3.8, 4) is 0 Å². The third-order valence-corrected chi connectivity index (χ3v) is 4.71. The normalized spacial score (nSPS) is 14.6. The summed E-state index contributed by atoms with van der Waals surface area (Å²) in [5.74, 6) is 0.319. The van der Waals surface area contributed by atoms with Crippen molar-refractivity contribution in [1.82, 2.24) is 9.97 Å². The van der Waals surface area contributed by atoms with Gasteiger partial charge in [-0.25, -0.2) is 9.97 Å². The number of nitrogens with zero attached hydrogens (tertiary/aromatic N) is 2. The lowest BCUT2D eigenvalue weighted by molar-refractivity contribution is 0.102. The van der Waals surface area contributed by atoms with Gasteiger partial charge in [-0.1, -0.05) is 28.8 Å². The molecular formula is C18H21BrN4O. The SMILES string of the molecule is Cc1cc(C(=O)Nc2ccc(Br)cc2C)nc(NC2CCCC2)n1. The van der Waals surface area contributed by atoms with E-state index < -0.39 is 0 Å². The molecule has 0 spiro atoms. The highest BCUT2D eigenvalue weighted by Gasteiger charge is 2.17. The number of aryl methyl sites for hydroxylation is 2. The molecule has 0 aliphatic heterocycles. The molecule has 1 aliphatic rings. The Morgan fingerprint density at radius 1 is 1.17 bits per heavy atom. The Hall–Kier alpha value is -1.95. The smallest absolute Gasteiger partial charge is 0.274 e. The second-order valence-corrected chi connectivity index (χ2v) is 7.17. The van der Waals surface area contributed by atoms with Crippen LogP contribution in [-0.2, 0) is 0 Å². The van der Waals surface area contributed by atoms with Crippen LogP contribution in [0.3, 0.4) is 0 Å². The first-order valence-corrected chi connectivity index (χ1v) is 9.00. The molecule has 3 rings (SSSR count). The standard InChI is InChI=1S/C18H21BrN4O/c1-11-9-13(19)7-8-15(11)22-17(24)16-10-12(2)20-18(23-16)21-14-5-3-4-6-14/h7-10,14H,3-6H2,1-2H3,(H,22,24)(H,20,21,23). The molecule has 126 valence electrons. The highest BCUT2D eigenvalue weighted by atomic mass is 79.9. The molecule has 0 bridgehead atoms. The van der Waals surface area contributed by atoms with Gasteiger partial charge >= 0.3 is 0 Å². The molecule has 1 aliphatic carbocycles. The maximum absolute atomic E-state index is 12.6. The fourth-order valence-electron chi connectivity index (χ4n) is 2.96. The van der Waals surface area contributed by atoms with Gasteiger partial charge in [-0.2, -0.15) is 0 Å². The highest BCUT2D eigenvalue weighted by molar-refractivity contribution is 9.10. The van der Waals surface area contributed by atoms with Gasteiger partial charge in [0.05, 0.1) is 0 Å². The molecule has 1 aromatic carbocycles. The lowest BCUT2D eigenvalue weighted by Gasteiger charge is -2.13. The number of benzene rings is 1. The van der Waals surface area contributed by atoms with Gasteiger partial charge in [0.1, 0.15) is 5.69 Å². The number of amides is 1. The van der Waals surface area contributed by atoms with E-state index in [0.29, 0.717) is 17.7 Å². The number of nitrogens with one attached hydrogen (secondary N) is 2. The lowest BCUT2D eigenvalue weighted by atomic mass is 10.2. The molecule has 0 radical (unpaired) electrons. The quantitative estimate of drug-likeness (QED) is 0.810. The van der Waals surface area contributed by atoms with Crippen LogP contribution >= 0.6 is 15.9 Å². The van der Waals surface area contributed by atoms with Gasteiger partial charge in [0.2, 0.25) is 5.95 Å². The Kier molecular flexibility index (Phi) is 5.14. The molecule has 1 fully saturated rings. The van der Waals surface area contributed by atoms with Crippen molar-refractivity contribution >= 4 is 33.5 Å². The second kappa shape index (κ2) is 7.30. The third-order valence-electron chi connectivity index (χ3n) is 4.21. The molecule has 2 aromatic rings. The number of carbonyl (C=O) groups excluding carboxylic acids is 1. The number of rotatable bonds is 4. The van der Waals surface area contributed by atoms with Crippen LogP contribution in [0.1, 0.15) is 47.4 Å². The second-order valence-electron chi connectivity index (χ2n) is 6.26. The van der Waals surface area contributed by atoms with Crippen LogP contribution in [0.5, 0.6) is 0 Å². The minimum absolute atomic E-state index is 0.222. The van der Waals surface area contributed by atoms with Gasteiger partial charge < -0.3 is 10.6 Å². The predicted octanol–water partition coefficient (Wildman–Crippen LogP) is 4.46. The first kappa shape index (κ1) is 16.9. The highest BCUT2D eigenvalue weighted by Crippen LogP contribution is 2.22. The third kappa shape index (κ3) is 4.12. The summed E-state index contributed by atoms with van der Waals surface area (Å²) in [4.78, 5) is 21.4. The van der Waals surface area contributed by atoms with Crippen LogP contribution in [0.15, 0.2) is 28.7 Å². The first-order chi connectivity index (χ1) is 11.5. The molecule has 1 saturated carbocycles. The zero-order chi connectivity index (χ0) is 17.1. The Morgan fingerprint density at radius 3 is 2.62 bits per heavy atom. The van der Waals surface area contributed by atoms with Crippen molar-refractivity contribution in [1.29, 1.82) is 0 Å². The van der Waals surface area contributed by atoms with Gasteiger partial charge in [-0.05, 0) is 56.5 Å². The number of halogens is 1. The molecule has 1 heterocycles. The number of carbonyl (C=O) groups is 1. The zero-order valence-corrected chi connectivity index (χ0v) is 15.5. The Balaban J connectivity index is 1.77. The number of hydrogen-bond donors (Lipinski definition) is 2. The fourth-order valence-corrected chi connectivity index (χ4v) is 3.43. The summed E-state index contributed by atoms with van der Waals surface area (Å²) in [5, 5.41) is 6.28. The van der Waals surface area contributed by atoms with E-state index in [2.05, 4.69) is 36.5 Å². The topological polar surface area (TPSA) is 66.9 Å². The molecule has 2 N–H and O–H groups in total. The van der Waals surface area contributed by atoms with Gasteiger partial charge in [0.25, 0.3) is 5.91 Å². The van der Waals surface area contributed by atoms with Crippen molar-refractivity contribution in [3.05, 3.63) is 45.7 Å². The minimum Gasteiger partial charge on any atom is -0.351 e. The summed E-state index contributed by atoms with van der Waals surface area (Å²) < 4.78 is 0.985. The van der Waals surface area contributed by atoms with Crippen LogP contribution in [-0.4, -0.2) is 21.9 Å². The molecule has 0 atom stereocenters. The average molecular weight is 389 g/mol. The van der Waals surface area contributed by atoms with Crippen molar-refractivity contribution in [2.75, 3.05) is 10.6 Å². The monoisotopic (exact) mass is 388 g/mol.